The number of ether oxygens (including phenoxy) is 2. The number of ketones is 2. The van der Waals surface area contributed by atoms with Crippen molar-refractivity contribution in [1.82, 2.24) is 0 Å². The Labute approximate surface area is 145 Å². The average molecular weight is 342 g/mol. The van der Waals surface area contributed by atoms with Crippen LogP contribution in [0, 0.1) is 5.21 Å². The fraction of sp³-hybridized carbons (Fsp3) is 0.222. The number of carbonyl (C=O) groups excluding carboxylic acids is 2. The maximum absolute atomic E-state index is 12.4. The zero-order valence-electron chi connectivity index (χ0n) is 13.9. The van der Waals surface area contributed by atoms with Crippen molar-refractivity contribution in [2.45, 2.75) is 12.5 Å². The van der Waals surface area contributed by atoms with E-state index in [-0.39, 0.29) is 4.86 Å². The molecule has 0 N–H and O–H groups in total. The molecule has 0 aliphatic heterocycles. The van der Waals surface area contributed by atoms with Crippen LogP contribution in [0.2, 0.25) is 0 Å². The third kappa shape index (κ3) is 4.56. The predicted molar refractivity (Wildman–Crippen MR) is 89.2 cm³/mol. The maximum atomic E-state index is 12.4. The summed E-state index contributed by atoms with van der Waals surface area (Å²) in [6.07, 6.45) is -2.88. The van der Waals surface area contributed by atoms with Crippen molar-refractivity contribution in [3.63, 3.8) is 0 Å². The number of azo groups is 1. The van der Waals surface area contributed by atoms with Crippen molar-refractivity contribution < 1.29 is 23.9 Å². The van der Waals surface area contributed by atoms with Crippen molar-refractivity contribution in [1.29, 1.82) is 0 Å². The molecule has 0 saturated carbocycles. The largest absolute Gasteiger partial charge is 0.597 e. The van der Waals surface area contributed by atoms with Crippen LogP contribution in [0.25, 0.3) is 0 Å². The zero-order valence-corrected chi connectivity index (χ0v) is 13.9. The lowest BCUT2D eigenvalue weighted by Crippen LogP contribution is -2.34. The molecular formula is C18H18N2O5. The minimum absolute atomic E-state index is 0.0599. The van der Waals surface area contributed by atoms with Gasteiger partial charge in [0.15, 0.2) is 0 Å². The van der Waals surface area contributed by atoms with Gasteiger partial charge in [-0.3, -0.25) is 9.59 Å². The molecule has 0 bridgehead atoms. The van der Waals surface area contributed by atoms with Crippen LogP contribution in [0.3, 0.4) is 0 Å². The maximum Gasteiger partial charge on any atom is 0.357 e. The van der Waals surface area contributed by atoms with Gasteiger partial charge in [0.05, 0.1) is 0 Å². The monoisotopic (exact) mass is 342 g/mol. The predicted octanol–water partition coefficient (Wildman–Crippen LogP) is 2.66. The molecule has 130 valence electrons. The summed E-state index contributed by atoms with van der Waals surface area (Å²) < 4.78 is 9.95. The second kappa shape index (κ2) is 8.81. The molecule has 2 rings (SSSR count). The quantitative estimate of drug-likeness (QED) is 0.242. The Morgan fingerprint density at radius 1 is 0.880 bits per heavy atom. The van der Waals surface area contributed by atoms with Gasteiger partial charge in [0.2, 0.25) is 5.78 Å². The van der Waals surface area contributed by atoms with E-state index >= 15 is 0 Å². The average Bonchev–Trinajstić information content (AvgIpc) is 2.67. The summed E-state index contributed by atoms with van der Waals surface area (Å²) >= 11 is 0. The molecule has 2 atom stereocenters. The molecule has 0 saturated heterocycles. The second-order valence-corrected chi connectivity index (χ2v) is 5.05. The Bertz CT molecular complexity index is 747. The van der Waals surface area contributed by atoms with Gasteiger partial charge in [-0.25, -0.2) is 0 Å². The van der Waals surface area contributed by atoms with Crippen LogP contribution in [0.1, 0.15) is 20.7 Å². The highest BCUT2D eigenvalue weighted by atomic mass is 16.6. The summed E-state index contributed by atoms with van der Waals surface area (Å²) in [5.41, 5.74) is 0.642. The first-order valence-corrected chi connectivity index (χ1v) is 7.49. The molecule has 0 spiro atoms. The van der Waals surface area contributed by atoms with Gasteiger partial charge in [0.25, 0.3) is 12.0 Å². The van der Waals surface area contributed by atoms with Gasteiger partial charge in [-0.2, -0.15) is 0 Å². The molecule has 7 heteroatoms. The van der Waals surface area contributed by atoms with Gasteiger partial charge in [-0.15, -0.1) is 0 Å². The van der Waals surface area contributed by atoms with Crippen LogP contribution in [0.5, 0.6) is 0 Å². The van der Waals surface area contributed by atoms with E-state index in [0.717, 1.165) is 0 Å². The number of methoxy groups -OCH3 is 2. The Hall–Kier alpha value is -2.90. The topological polar surface area (TPSA) is 91.0 Å². The minimum Gasteiger partial charge on any atom is -0.597 e. The normalized spacial score (nSPS) is 13.9. The molecule has 7 nitrogen and oxygen atoms in total. The van der Waals surface area contributed by atoms with E-state index < -0.39 is 24.0 Å². The molecule has 2 aromatic rings. The van der Waals surface area contributed by atoms with Crippen LogP contribution < -0.4 is 0 Å². The van der Waals surface area contributed by atoms with E-state index in [1.807, 2.05) is 0 Å². The number of hydrogen-bond donors (Lipinski definition) is 0. The number of Topliss-reactive ketones (excluding diaryl/α,β-unsaturated/α-hetero) is 2. The Morgan fingerprint density at radius 2 is 1.36 bits per heavy atom. The van der Waals surface area contributed by atoms with Gasteiger partial charge in [-0.1, -0.05) is 65.5 Å². The summed E-state index contributed by atoms with van der Waals surface area (Å²) in [6, 6.07) is 16.5. The molecule has 0 fully saturated rings. The van der Waals surface area contributed by atoms with Crippen molar-refractivity contribution in [3.05, 3.63) is 77.0 Å². The van der Waals surface area contributed by atoms with E-state index in [2.05, 4.69) is 5.11 Å². The summed E-state index contributed by atoms with van der Waals surface area (Å²) in [6.45, 7) is 0. The van der Waals surface area contributed by atoms with Crippen molar-refractivity contribution >= 4 is 11.6 Å². The van der Waals surface area contributed by atoms with Gasteiger partial charge >= 0.3 is 6.23 Å². The molecule has 0 heterocycles. The third-order valence-electron chi connectivity index (χ3n) is 3.43. The van der Waals surface area contributed by atoms with Crippen LogP contribution in [-0.2, 0) is 9.47 Å². The fourth-order valence-electron chi connectivity index (χ4n) is 2.16. The van der Waals surface area contributed by atoms with E-state index in [4.69, 9.17) is 9.47 Å². The van der Waals surface area contributed by atoms with Crippen molar-refractivity contribution in [2.75, 3.05) is 14.2 Å². The van der Waals surface area contributed by atoms with Crippen LogP contribution in [0.4, 0.5) is 0 Å². The van der Waals surface area contributed by atoms with E-state index in [1.54, 1.807) is 60.7 Å². The smallest absolute Gasteiger partial charge is 0.357 e. The Morgan fingerprint density at radius 3 is 1.80 bits per heavy atom. The number of hydrogen-bond acceptors (Lipinski definition) is 6. The molecule has 2 unspecified atom stereocenters. The van der Waals surface area contributed by atoms with Gasteiger partial charge in [0, 0.05) is 30.5 Å². The molecule has 0 radical (unpaired) electrons. The third-order valence-corrected chi connectivity index (χ3v) is 3.43. The fourth-order valence-corrected chi connectivity index (χ4v) is 2.16. The molecule has 2 aromatic carbocycles. The van der Waals surface area contributed by atoms with Crippen molar-refractivity contribution in [3.8, 4) is 0 Å². The Kier molecular flexibility index (Phi) is 6.50. The van der Waals surface area contributed by atoms with Crippen LogP contribution in [-0.4, -0.2) is 43.1 Å². The number of carbonyl (C=O) groups is 2. The first-order valence-electron chi connectivity index (χ1n) is 7.49. The summed E-state index contributed by atoms with van der Waals surface area (Å²) in [7, 11) is 2.47. The van der Waals surface area contributed by atoms with Gasteiger partial charge in [-0.05, 0) is 0 Å². The SMILES string of the molecule is COC(N=[N+]([O-])C(OC)C(=O)c1ccccc1)C(=O)c1ccccc1. The van der Waals surface area contributed by atoms with Crippen LogP contribution >= 0.6 is 0 Å². The zero-order chi connectivity index (χ0) is 18.2. The van der Waals surface area contributed by atoms with Crippen LogP contribution in [0.15, 0.2) is 65.8 Å². The highest BCUT2D eigenvalue weighted by Gasteiger charge is 2.31. The highest BCUT2D eigenvalue weighted by molar-refractivity contribution is 5.99. The van der Waals surface area contributed by atoms with Gasteiger partial charge in [0.1, 0.15) is 0 Å². The molecule has 0 aliphatic carbocycles. The summed E-state index contributed by atoms with van der Waals surface area (Å²) in [5, 5.41) is 15.9. The molecular weight excluding hydrogens is 324 g/mol. The van der Waals surface area contributed by atoms with E-state index in [0.29, 0.717) is 11.1 Å². The molecule has 0 aliphatic rings. The molecule has 25 heavy (non-hydrogen) atoms. The lowest BCUT2D eigenvalue weighted by Gasteiger charge is -2.14. The summed E-state index contributed by atoms with van der Waals surface area (Å²) in [5.74, 6) is -1.06. The molecule has 0 aromatic heterocycles. The second-order valence-electron chi connectivity index (χ2n) is 5.05. The Balaban J connectivity index is 2.23. The number of nitrogens with zero attached hydrogens (tertiary/aromatic N) is 2. The first-order chi connectivity index (χ1) is 12.1. The van der Waals surface area contributed by atoms with Gasteiger partial charge < -0.3 is 14.7 Å². The number of rotatable bonds is 8. The van der Waals surface area contributed by atoms with E-state index in [9.17, 15) is 14.8 Å². The van der Waals surface area contributed by atoms with E-state index in [1.165, 1.54) is 14.2 Å². The lowest BCUT2D eigenvalue weighted by atomic mass is 10.1. The first kappa shape index (κ1) is 18.4. The molecule has 0 amide bonds. The standard InChI is InChI=1S/C18H18N2O5/c1-24-17(15(21)13-9-5-3-6-10-13)19-20(23)18(25-2)16(22)14-11-7-4-8-12-14/h3-12,17-18H,1-2H3. The number of benzene rings is 2. The minimum atomic E-state index is -1.51. The summed E-state index contributed by atoms with van der Waals surface area (Å²) in [4.78, 5) is 24.8. The van der Waals surface area contributed by atoms with Crippen molar-refractivity contribution in [2.24, 2.45) is 5.11 Å². The lowest BCUT2D eigenvalue weighted by molar-refractivity contribution is -0.599. The number of hydroxylamine groups is 1. The highest BCUT2D eigenvalue weighted by Crippen LogP contribution is 2.11.